The van der Waals surface area contributed by atoms with Crippen LogP contribution in [0.3, 0.4) is 0 Å². The number of halogens is 2. The van der Waals surface area contributed by atoms with Crippen molar-refractivity contribution < 1.29 is 4.39 Å². The first-order chi connectivity index (χ1) is 12.4. The SMILES string of the molecule is Cc1ccc(NC(=S)Nc2cnn(Cc3c(F)cccc3Cl)c2)c(C)c1. The highest BCUT2D eigenvalue weighted by molar-refractivity contribution is 7.80. The van der Waals surface area contributed by atoms with Crippen molar-refractivity contribution in [2.24, 2.45) is 0 Å². The Morgan fingerprint density at radius 3 is 2.77 bits per heavy atom. The number of nitrogens with one attached hydrogen (secondary N) is 2. The molecule has 7 heteroatoms. The van der Waals surface area contributed by atoms with Crippen LogP contribution < -0.4 is 10.6 Å². The van der Waals surface area contributed by atoms with Crippen LogP contribution in [-0.4, -0.2) is 14.9 Å². The third-order valence-electron chi connectivity index (χ3n) is 3.90. The minimum Gasteiger partial charge on any atom is -0.332 e. The first-order valence-electron chi connectivity index (χ1n) is 8.03. The van der Waals surface area contributed by atoms with Crippen LogP contribution in [0.1, 0.15) is 16.7 Å². The molecule has 0 radical (unpaired) electrons. The second-order valence-electron chi connectivity index (χ2n) is 6.02. The van der Waals surface area contributed by atoms with E-state index in [1.165, 1.54) is 11.6 Å². The standard InChI is InChI=1S/C19H18ClFN4S/c1-12-6-7-18(13(2)8-12)24-19(26)23-14-9-22-25(10-14)11-15-16(20)4-3-5-17(15)21/h3-10H,11H2,1-2H3,(H2,23,24,26). The Hall–Kier alpha value is -2.44. The van der Waals surface area contributed by atoms with E-state index >= 15 is 0 Å². The summed E-state index contributed by atoms with van der Waals surface area (Å²) in [6.45, 7) is 4.31. The fraction of sp³-hybridized carbons (Fsp3) is 0.158. The molecule has 0 fully saturated rings. The number of anilines is 2. The highest BCUT2D eigenvalue weighted by Crippen LogP contribution is 2.21. The Kier molecular flexibility index (Phi) is 5.54. The lowest BCUT2D eigenvalue weighted by molar-refractivity contribution is 0.585. The monoisotopic (exact) mass is 388 g/mol. The molecule has 0 aliphatic carbocycles. The van der Waals surface area contributed by atoms with Gasteiger partial charge >= 0.3 is 0 Å². The number of aryl methyl sites for hydroxylation is 2. The molecular weight excluding hydrogens is 371 g/mol. The van der Waals surface area contributed by atoms with Crippen molar-refractivity contribution in [3.8, 4) is 0 Å². The topological polar surface area (TPSA) is 41.9 Å². The van der Waals surface area contributed by atoms with Crippen molar-refractivity contribution in [3.63, 3.8) is 0 Å². The van der Waals surface area contributed by atoms with E-state index in [0.717, 1.165) is 11.3 Å². The van der Waals surface area contributed by atoms with Gasteiger partial charge in [-0.05, 0) is 49.8 Å². The molecule has 0 saturated carbocycles. The quantitative estimate of drug-likeness (QED) is 0.606. The van der Waals surface area contributed by atoms with Crippen molar-refractivity contribution in [1.82, 2.24) is 9.78 Å². The first-order valence-corrected chi connectivity index (χ1v) is 8.81. The molecule has 1 heterocycles. The van der Waals surface area contributed by atoms with E-state index in [1.807, 2.05) is 26.0 Å². The summed E-state index contributed by atoms with van der Waals surface area (Å²) in [4.78, 5) is 0. The number of aromatic nitrogens is 2. The van der Waals surface area contributed by atoms with Gasteiger partial charge in [0.25, 0.3) is 0 Å². The molecule has 0 amide bonds. The van der Waals surface area contributed by atoms with Crippen molar-refractivity contribution in [3.05, 3.63) is 76.3 Å². The van der Waals surface area contributed by atoms with Crippen LogP contribution in [0.2, 0.25) is 5.02 Å². The van der Waals surface area contributed by atoms with E-state index in [4.69, 9.17) is 23.8 Å². The second-order valence-corrected chi connectivity index (χ2v) is 6.84. The molecule has 2 aromatic carbocycles. The Balaban J connectivity index is 1.65. The number of nitrogens with zero attached hydrogens (tertiary/aromatic N) is 2. The van der Waals surface area contributed by atoms with Crippen molar-refractivity contribution in [1.29, 1.82) is 0 Å². The van der Waals surface area contributed by atoms with Crippen LogP contribution in [-0.2, 0) is 6.54 Å². The van der Waals surface area contributed by atoms with Gasteiger partial charge in [0, 0.05) is 22.5 Å². The lowest BCUT2D eigenvalue weighted by Crippen LogP contribution is -2.19. The molecule has 1 aromatic heterocycles. The first kappa shape index (κ1) is 18.4. The molecule has 26 heavy (non-hydrogen) atoms. The smallest absolute Gasteiger partial charge is 0.175 e. The largest absolute Gasteiger partial charge is 0.332 e. The van der Waals surface area contributed by atoms with Crippen LogP contribution in [0.15, 0.2) is 48.8 Å². The molecular formula is C19H18ClFN4S. The van der Waals surface area contributed by atoms with Crippen LogP contribution in [0, 0.1) is 19.7 Å². The summed E-state index contributed by atoms with van der Waals surface area (Å²) in [6.07, 6.45) is 3.38. The molecule has 3 rings (SSSR count). The lowest BCUT2D eigenvalue weighted by Gasteiger charge is -2.12. The van der Waals surface area contributed by atoms with E-state index < -0.39 is 0 Å². The third-order valence-corrected chi connectivity index (χ3v) is 4.46. The van der Waals surface area contributed by atoms with Crippen LogP contribution in [0.5, 0.6) is 0 Å². The van der Waals surface area contributed by atoms with Crippen molar-refractivity contribution in [2.75, 3.05) is 10.6 Å². The maximum absolute atomic E-state index is 13.9. The van der Waals surface area contributed by atoms with Crippen molar-refractivity contribution >= 4 is 40.3 Å². The van der Waals surface area contributed by atoms with Crippen LogP contribution >= 0.6 is 23.8 Å². The maximum Gasteiger partial charge on any atom is 0.175 e. The minimum absolute atomic E-state index is 0.241. The summed E-state index contributed by atoms with van der Waals surface area (Å²) in [6, 6.07) is 10.7. The molecule has 134 valence electrons. The van der Waals surface area contributed by atoms with Gasteiger partial charge in [0.15, 0.2) is 5.11 Å². The molecule has 2 N–H and O–H groups in total. The van der Waals surface area contributed by atoms with E-state index in [0.29, 0.717) is 21.4 Å². The van der Waals surface area contributed by atoms with Gasteiger partial charge in [-0.25, -0.2) is 4.39 Å². The summed E-state index contributed by atoms with van der Waals surface area (Å²) in [5, 5.41) is 11.3. The summed E-state index contributed by atoms with van der Waals surface area (Å²) < 4.78 is 15.5. The Bertz CT molecular complexity index is 934. The van der Waals surface area contributed by atoms with Gasteiger partial charge in [0.05, 0.1) is 18.4 Å². The van der Waals surface area contributed by atoms with Crippen LogP contribution in [0.25, 0.3) is 0 Å². The normalized spacial score (nSPS) is 10.6. The van der Waals surface area contributed by atoms with E-state index in [9.17, 15) is 4.39 Å². The number of rotatable bonds is 4. The Morgan fingerprint density at radius 2 is 2.04 bits per heavy atom. The summed E-state index contributed by atoms with van der Waals surface area (Å²) >= 11 is 11.4. The molecule has 0 aliphatic rings. The van der Waals surface area contributed by atoms with Crippen molar-refractivity contribution in [2.45, 2.75) is 20.4 Å². The fourth-order valence-corrected chi connectivity index (χ4v) is 3.05. The van der Waals surface area contributed by atoms with Gasteiger partial charge < -0.3 is 10.6 Å². The third kappa shape index (κ3) is 4.39. The molecule has 0 atom stereocenters. The van der Waals surface area contributed by atoms with Gasteiger partial charge in [-0.3, -0.25) is 4.68 Å². The number of thiocarbonyl (C=S) groups is 1. The predicted molar refractivity (Wildman–Crippen MR) is 108 cm³/mol. The lowest BCUT2D eigenvalue weighted by atomic mass is 10.1. The van der Waals surface area contributed by atoms with E-state index in [2.05, 4.69) is 21.8 Å². The summed E-state index contributed by atoms with van der Waals surface area (Å²) in [5.41, 5.74) is 4.36. The molecule has 0 spiro atoms. The number of benzene rings is 2. The molecule has 4 nitrogen and oxygen atoms in total. The van der Waals surface area contributed by atoms with Gasteiger partial charge in [-0.15, -0.1) is 0 Å². The molecule has 0 aliphatic heterocycles. The number of hydrogen-bond acceptors (Lipinski definition) is 2. The molecule has 3 aromatic rings. The maximum atomic E-state index is 13.9. The summed E-state index contributed by atoms with van der Waals surface area (Å²) in [7, 11) is 0. The molecule has 0 bridgehead atoms. The van der Waals surface area contributed by atoms with Gasteiger partial charge in [0.2, 0.25) is 0 Å². The minimum atomic E-state index is -0.352. The van der Waals surface area contributed by atoms with Gasteiger partial charge in [-0.1, -0.05) is 35.4 Å². The Labute approximate surface area is 162 Å². The zero-order valence-electron chi connectivity index (χ0n) is 14.4. The molecule has 0 saturated heterocycles. The average Bonchev–Trinajstić information content (AvgIpc) is 3.01. The van der Waals surface area contributed by atoms with Gasteiger partial charge in [-0.2, -0.15) is 5.10 Å². The second kappa shape index (κ2) is 7.85. The zero-order valence-corrected chi connectivity index (χ0v) is 16.0. The fourth-order valence-electron chi connectivity index (χ4n) is 2.60. The number of hydrogen-bond donors (Lipinski definition) is 2. The highest BCUT2D eigenvalue weighted by atomic mass is 35.5. The van der Waals surface area contributed by atoms with E-state index in [1.54, 1.807) is 29.2 Å². The highest BCUT2D eigenvalue weighted by Gasteiger charge is 2.09. The zero-order chi connectivity index (χ0) is 18.7. The Morgan fingerprint density at radius 1 is 1.23 bits per heavy atom. The predicted octanol–water partition coefficient (Wildman–Crippen LogP) is 5.15. The van der Waals surface area contributed by atoms with E-state index in [-0.39, 0.29) is 12.4 Å². The van der Waals surface area contributed by atoms with Gasteiger partial charge in [0.1, 0.15) is 5.82 Å². The average molecular weight is 389 g/mol. The van der Waals surface area contributed by atoms with Crippen LogP contribution in [0.4, 0.5) is 15.8 Å². The molecule has 0 unspecified atom stereocenters. The summed E-state index contributed by atoms with van der Waals surface area (Å²) in [5.74, 6) is -0.352.